The summed E-state index contributed by atoms with van der Waals surface area (Å²) in [6.07, 6.45) is -4.94. The number of amides is 2. The van der Waals surface area contributed by atoms with Gasteiger partial charge >= 0.3 is 24.7 Å². The first kappa shape index (κ1) is 54.0. The van der Waals surface area contributed by atoms with Gasteiger partial charge in [-0.2, -0.15) is 0 Å². The molecule has 0 atom stereocenters. The number of hydrogen-bond donors (Lipinski definition) is 2. The molecule has 0 aliphatic rings. The molecule has 72 heavy (non-hydrogen) atoms. The zero-order chi connectivity index (χ0) is 52.9. The van der Waals surface area contributed by atoms with E-state index in [1.165, 1.54) is 77.2 Å². The van der Waals surface area contributed by atoms with Gasteiger partial charge in [-0.3, -0.25) is 19.6 Å². The number of carbonyl (C=O) groups excluding carboxylic acids is 4. The Morgan fingerprint density at radius 2 is 0.986 bits per heavy atom. The number of alkyl halides is 6. The van der Waals surface area contributed by atoms with Crippen molar-refractivity contribution in [3.8, 4) is 51.7 Å². The fraction of sp³-hybridized carbons (Fsp3) is 0.217. The molecule has 2 amide bonds. The smallest absolute Gasteiger partial charge is 0.493 e. The quantitative estimate of drug-likeness (QED) is 0.0679. The van der Waals surface area contributed by atoms with Crippen molar-refractivity contribution in [2.45, 2.75) is 33.5 Å². The summed E-state index contributed by atoms with van der Waals surface area (Å²) in [5.41, 5.74) is -0.128. The average molecular weight is 1020 g/mol. The van der Waals surface area contributed by atoms with E-state index in [9.17, 15) is 49.9 Å². The van der Waals surface area contributed by atoms with Gasteiger partial charge in [0.25, 0.3) is 11.8 Å². The zero-order valence-corrected chi connectivity index (χ0v) is 38.5. The van der Waals surface area contributed by atoms with Gasteiger partial charge < -0.3 is 53.3 Å². The number of nitrogens with one attached hydrogen (secondary N) is 2. The van der Waals surface area contributed by atoms with Gasteiger partial charge in [0.15, 0.2) is 46.1 Å². The number of rotatable bonds is 16. The first-order chi connectivity index (χ1) is 34.1. The minimum atomic E-state index is -4.93. The molecule has 0 radical (unpaired) electrons. The Morgan fingerprint density at radius 3 is 1.40 bits per heavy atom. The number of carbonyl (C=O) groups is 4. The van der Waals surface area contributed by atoms with E-state index in [1.807, 2.05) is 0 Å². The number of methoxy groups -OCH3 is 4. The summed E-state index contributed by atoms with van der Waals surface area (Å²) in [6, 6.07) is 11.5. The van der Waals surface area contributed by atoms with Crippen LogP contribution in [0, 0.1) is 19.7 Å². The highest BCUT2D eigenvalue weighted by molar-refractivity contribution is 6.09. The van der Waals surface area contributed by atoms with Crippen molar-refractivity contribution in [1.82, 2.24) is 19.9 Å². The lowest BCUT2D eigenvalue weighted by Gasteiger charge is -2.18. The van der Waals surface area contributed by atoms with E-state index in [0.29, 0.717) is 5.69 Å². The number of ether oxygens (including phenoxy) is 9. The van der Waals surface area contributed by atoms with E-state index in [1.54, 1.807) is 13.8 Å². The number of pyridine rings is 4. The Balaban J connectivity index is 0.000000268. The molecule has 26 heteroatoms. The van der Waals surface area contributed by atoms with Gasteiger partial charge in [0.05, 0.1) is 58.8 Å². The normalized spacial score (nSPS) is 10.9. The van der Waals surface area contributed by atoms with Crippen LogP contribution >= 0.6 is 0 Å². The Labute approximate surface area is 403 Å². The third-order valence-corrected chi connectivity index (χ3v) is 9.08. The first-order valence-electron chi connectivity index (χ1n) is 20.3. The predicted octanol–water partition coefficient (Wildman–Crippen LogP) is 9.58. The molecule has 0 aliphatic heterocycles. The molecule has 6 aromatic rings. The van der Waals surface area contributed by atoms with E-state index in [0.717, 1.165) is 43.6 Å². The molecule has 0 spiro atoms. The molecule has 2 aromatic carbocycles. The second-order valence-corrected chi connectivity index (χ2v) is 13.9. The Morgan fingerprint density at radius 1 is 0.556 bits per heavy atom. The highest BCUT2D eigenvalue weighted by Gasteiger charge is 2.33. The standard InChI is InChI=1S/C24H22F3N3O7.C22H17F4N3O6/c1-5-35-21-13(2)29-12-19(36-17-7-6-15(11-18(17)33-3)37-24(25,26)27)20(21)22(31)30-14-8-9-28-16(10-14)23(32)34-4;1-11-19(23)18(20(30)29-12-6-7-27-14(8-12)21(31)33-3)17(10-28-11)34-15-5-4-13(9-16(15)32-2)35-22(24,25)26/h6-12H,5H2,1-4H3,(H,28,30,31);4-10H,1-3H3,(H,27,29,30). The molecule has 0 unspecified atom stereocenters. The van der Waals surface area contributed by atoms with Crippen molar-refractivity contribution in [1.29, 1.82) is 0 Å². The molecule has 0 bridgehead atoms. The maximum Gasteiger partial charge on any atom is 0.573 e. The lowest BCUT2D eigenvalue weighted by molar-refractivity contribution is -0.275. The van der Waals surface area contributed by atoms with E-state index in [-0.39, 0.29) is 80.9 Å². The fourth-order valence-corrected chi connectivity index (χ4v) is 5.97. The van der Waals surface area contributed by atoms with Crippen molar-refractivity contribution in [2.24, 2.45) is 0 Å². The molecule has 6 rings (SSSR count). The SMILES string of the molecule is CCOc1c(C)ncc(Oc2ccc(OC(F)(F)F)cc2OC)c1C(=O)Nc1ccnc(C(=O)OC)c1.COC(=O)c1cc(NC(=O)c2c(Oc3ccc(OC(F)(F)F)cc3OC)cnc(C)c2F)ccn1. The molecular formula is C46H39F7N6O13. The maximum atomic E-state index is 14.9. The number of hydrogen-bond acceptors (Lipinski definition) is 17. The molecule has 4 aromatic heterocycles. The van der Waals surface area contributed by atoms with Crippen molar-refractivity contribution < 1.29 is 92.5 Å². The zero-order valence-electron chi connectivity index (χ0n) is 38.5. The van der Waals surface area contributed by atoms with Crippen LogP contribution in [0.4, 0.5) is 42.1 Å². The highest BCUT2D eigenvalue weighted by atomic mass is 19.4. The second kappa shape index (κ2) is 23.6. The number of benzene rings is 2. The maximum absolute atomic E-state index is 14.9. The molecule has 0 aliphatic carbocycles. The average Bonchev–Trinajstić information content (AvgIpc) is 3.33. The number of nitrogens with zero attached hydrogens (tertiary/aromatic N) is 4. The second-order valence-electron chi connectivity index (χ2n) is 13.9. The number of halogens is 7. The van der Waals surface area contributed by atoms with Gasteiger partial charge in [-0.15, -0.1) is 26.3 Å². The Kier molecular flexibility index (Phi) is 17.7. The summed E-state index contributed by atoms with van der Waals surface area (Å²) in [7, 11) is 4.76. The number of aromatic nitrogens is 4. The van der Waals surface area contributed by atoms with Crippen molar-refractivity contribution in [3.63, 3.8) is 0 Å². The van der Waals surface area contributed by atoms with Crippen LogP contribution < -0.4 is 43.8 Å². The van der Waals surface area contributed by atoms with Crippen LogP contribution in [0.5, 0.6) is 51.7 Å². The lowest BCUT2D eigenvalue weighted by atomic mass is 10.1. The van der Waals surface area contributed by atoms with Crippen LogP contribution in [0.15, 0.2) is 85.5 Å². The van der Waals surface area contributed by atoms with Gasteiger partial charge in [-0.25, -0.2) is 23.9 Å². The molecule has 0 fully saturated rings. The van der Waals surface area contributed by atoms with Crippen molar-refractivity contribution in [3.05, 3.63) is 125 Å². The van der Waals surface area contributed by atoms with Crippen LogP contribution in [0.2, 0.25) is 0 Å². The summed E-state index contributed by atoms with van der Waals surface area (Å²) in [4.78, 5) is 65.5. The van der Waals surface area contributed by atoms with E-state index in [4.69, 9.17) is 23.7 Å². The van der Waals surface area contributed by atoms with Crippen LogP contribution in [-0.4, -0.2) is 91.5 Å². The first-order valence-corrected chi connectivity index (χ1v) is 20.3. The third kappa shape index (κ3) is 14.3. The fourth-order valence-electron chi connectivity index (χ4n) is 5.97. The lowest BCUT2D eigenvalue weighted by Crippen LogP contribution is -2.17. The van der Waals surface area contributed by atoms with E-state index in [2.05, 4.69) is 49.5 Å². The van der Waals surface area contributed by atoms with Crippen LogP contribution in [0.1, 0.15) is 60.0 Å². The Hall–Kier alpha value is -8.97. The molecule has 380 valence electrons. The molecule has 4 heterocycles. The van der Waals surface area contributed by atoms with Gasteiger partial charge in [0.1, 0.15) is 34.0 Å². The van der Waals surface area contributed by atoms with Gasteiger partial charge in [-0.1, -0.05) is 0 Å². The van der Waals surface area contributed by atoms with Crippen LogP contribution in [-0.2, 0) is 9.47 Å². The van der Waals surface area contributed by atoms with Crippen molar-refractivity contribution in [2.75, 3.05) is 45.7 Å². The minimum Gasteiger partial charge on any atom is -0.493 e. The predicted molar refractivity (Wildman–Crippen MR) is 236 cm³/mol. The third-order valence-electron chi connectivity index (χ3n) is 9.08. The van der Waals surface area contributed by atoms with Gasteiger partial charge in [-0.05, 0) is 69.3 Å². The summed E-state index contributed by atoms with van der Waals surface area (Å²) in [5.74, 6) is -5.92. The monoisotopic (exact) mass is 1020 g/mol. The molecule has 0 saturated heterocycles. The minimum absolute atomic E-state index is 0.0175. The van der Waals surface area contributed by atoms with E-state index >= 15 is 0 Å². The number of aryl methyl sites for hydroxylation is 2. The van der Waals surface area contributed by atoms with Crippen LogP contribution in [0.25, 0.3) is 0 Å². The van der Waals surface area contributed by atoms with Crippen molar-refractivity contribution >= 4 is 35.1 Å². The van der Waals surface area contributed by atoms with Crippen LogP contribution in [0.3, 0.4) is 0 Å². The molecular weight excluding hydrogens is 978 g/mol. The topological polar surface area (TPSA) is 227 Å². The summed E-state index contributed by atoms with van der Waals surface area (Å²) in [5, 5.41) is 5.07. The van der Waals surface area contributed by atoms with Gasteiger partial charge in [0.2, 0.25) is 0 Å². The number of anilines is 2. The Bertz CT molecular complexity index is 2960. The summed E-state index contributed by atoms with van der Waals surface area (Å²) < 4.78 is 134. The van der Waals surface area contributed by atoms with Gasteiger partial charge in [0, 0.05) is 35.9 Å². The molecule has 19 nitrogen and oxygen atoms in total. The summed E-state index contributed by atoms with van der Waals surface area (Å²) in [6.45, 7) is 4.85. The largest absolute Gasteiger partial charge is 0.573 e. The molecule has 2 N–H and O–H groups in total. The highest BCUT2D eigenvalue weighted by Crippen LogP contribution is 2.41. The summed E-state index contributed by atoms with van der Waals surface area (Å²) >= 11 is 0. The van der Waals surface area contributed by atoms with E-state index < -0.39 is 59.4 Å². The molecule has 0 saturated carbocycles. The number of esters is 2.